The maximum Gasteiger partial charge on any atom is 0.331 e. The molecular formula is C19H17FN6O3S. The van der Waals surface area contributed by atoms with Gasteiger partial charge in [0.25, 0.3) is 5.56 Å². The standard InChI is InChI=1S/C19H17FN6O3S/c1-10-4-5-11(6-12(10)20)13-9-30-18(22-13)23-15(27)8-26-16-14(7-21-26)24(2)19(29)25(3)17(16)28/h4-7,9H,8H2,1-3H3,(H,22,23,27). The van der Waals surface area contributed by atoms with Crippen LogP contribution in [0.15, 0.2) is 39.4 Å². The zero-order valence-corrected chi connectivity index (χ0v) is 17.2. The van der Waals surface area contributed by atoms with E-state index in [-0.39, 0.29) is 17.9 Å². The van der Waals surface area contributed by atoms with E-state index in [1.807, 2.05) is 0 Å². The molecule has 4 rings (SSSR count). The number of aryl methyl sites for hydroxylation is 2. The first-order valence-corrected chi connectivity index (χ1v) is 9.77. The number of hydrogen-bond donors (Lipinski definition) is 1. The largest absolute Gasteiger partial charge is 0.331 e. The van der Waals surface area contributed by atoms with Crippen LogP contribution in [0.4, 0.5) is 9.52 Å². The van der Waals surface area contributed by atoms with Crippen molar-refractivity contribution in [2.24, 2.45) is 14.1 Å². The highest BCUT2D eigenvalue weighted by molar-refractivity contribution is 7.14. The molecule has 1 amide bonds. The van der Waals surface area contributed by atoms with Gasteiger partial charge in [-0.3, -0.25) is 18.7 Å². The summed E-state index contributed by atoms with van der Waals surface area (Å²) in [6.07, 6.45) is 1.37. The Morgan fingerprint density at radius 1 is 1.23 bits per heavy atom. The highest BCUT2D eigenvalue weighted by Gasteiger charge is 2.17. The van der Waals surface area contributed by atoms with E-state index in [4.69, 9.17) is 0 Å². The van der Waals surface area contributed by atoms with E-state index in [9.17, 15) is 18.8 Å². The number of amides is 1. The lowest BCUT2D eigenvalue weighted by Crippen LogP contribution is -2.37. The van der Waals surface area contributed by atoms with Gasteiger partial charge in [-0.25, -0.2) is 18.9 Å². The average Bonchev–Trinajstić information content (AvgIpc) is 3.34. The zero-order valence-electron chi connectivity index (χ0n) is 16.3. The maximum absolute atomic E-state index is 13.8. The van der Waals surface area contributed by atoms with Gasteiger partial charge in [-0.15, -0.1) is 11.3 Å². The fourth-order valence-corrected chi connectivity index (χ4v) is 3.78. The summed E-state index contributed by atoms with van der Waals surface area (Å²) in [5, 5.41) is 8.79. The minimum absolute atomic E-state index is 0.157. The van der Waals surface area contributed by atoms with Gasteiger partial charge in [0.15, 0.2) is 10.6 Å². The van der Waals surface area contributed by atoms with E-state index < -0.39 is 17.2 Å². The zero-order chi connectivity index (χ0) is 21.6. The molecule has 9 nitrogen and oxygen atoms in total. The molecule has 1 aromatic carbocycles. The summed E-state index contributed by atoms with van der Waals surface area (Å²) in [4.78, 5) is 41.3. The average molecular weight is 428 g/mol. The molecule has 0 saturated carbocycles. The van der Waals surface area contributed by atoms with Crippen LogP contribution in [0.5, 0.6) is 0 Å². The summed E-state index contributed by atoms with van der Waals surface area (Å²) in [6.45, 7) is 1.45. The third-order valence-electron chi connectivity index (χ3n) is 4.77. The van der Waals surface area contributed by atoms with Gasteiger partial charge >= 0.3 is 5.69 Å². The van der Waals surface area contributed by atoms with Gasteiger partial charge in [-0.05, 0) is 18.6 Å². The molecule has 4 aromatic rings. The van der Waals surface area contributed by atoms with Crippen LogP contribution >= 0.6 is 11.3 Å². The second kappa shape index (κ2) is 7.34. The summed E-state index contributed by atoms with van der Waals surface area (Å²) >= 11 is 1.20. The van der Waals surface area contributed by atoms with Crippen molar-refractivity contribution in [2.45, 2.75) is 13.5 Å². The van der Waals surface area contributed by atoms with Gasteiger partial charge < -0.3 is 5.32 Å². The Morgan fingerprint density at radius 2 is 2.00 bits per heavy atom. The first kappa shape index (κ1) is 19.7. The molecular weight excluding hydrogens is 411 g/mol. The number of benzene rings is 1. The van der Waals surface area contributed by atoms with E-state index in [1.165, 1.54) is 46.9 Å². The van der Waals surface area contributed by atoms with Crippen molar-refractivity contribution < 1.29 is 9.18 Å². The van der Waals surface area contributed by atoms with Crippen molar-refractivity contribution in [3.05, 3.63) is 62.0 Å². The summed E-state index contributed by atoms with van der Waals surface area (Å²) in [7, 11) is 2.90. The van der Waals surface area contributed by atoms with Gasteiger partial charge in [0.2, 0.25) is 5.91 Å². The maximum atomic E-state index is 13.8. The highest BCUT2D eigenvalue weighted by Crippen LogP contribution is 2.26. The van der Waals surface area contributed by atoms with Crippen molar-refractivity contribution in [3.63, 3.8) is 0 Å². The molecule has 3 heterocycles. The molecule has 30 heavy (non-hydrogen) atoms. The molecule has 0 radical (unpaired) electrons. The Kier molecular flexibility index (Phi) is 4.82. The number of nitrogens with zero attached hydrogens (tertiary/aromatic N) is 5. The van der Waals surface area contributed by atoms with Crippen molar-refractivity contribution >= 4 is 33.4 Å². The third kappa shape index (κ3) is 3.32. The van der Waals surface area contributed by atoms with E-state index in [0.717, 1.165) is 4.57 Å². The van der Waals surface area contributed by atoms with Crippen molar-refractivity contribution in [2.75, 3.05) is 5.32 Å². The van der Waals surface area contributed by atoms with Crippen LogP contribution in [-0.2, 0) is 25.4 Å². The molecule has 1 N–H and O–H groups in total. The normalized spacial score (nSPS) is 11.2. The van der Waals surface area contributed by atoms with Crippen molar-refractivity contribution in [3.8, 4) is 11.3 Å². The van der Waals surface area contributed by atoms with E-state index in [0.29, 0.717) is 27.5 Å². The number of carbonyl (C=O) groups excluding carboxylic acids is 1. The van der Waals surface area contributed by atoms with Gasteiger partial charge in [-0.1, -0.05) is 12.1 Å². The highest BCUT2D eigenvalue weighted by atomic mass is 32.1. The number of nitrogens with one attached hydrogen (secondary N) is 1. The Labute approximate surface area is 173 Å². The predicted molar refractivity (Wildman–Crippen MR) is 111 cm³/mol. The molecule has 0 fully saturated rings. The number of halogens is 1. The summed E-state index contributed by atoms with van der Waals surface area (Å²) in [5.41, 5.74) is 1.19. The van der Waals surface area contributed by atoms with E-state index in [1.54, 1.807) is 24.4 Å². The minimum atomic E-state index is -0.531. The van der Waals surface area contributed by atoms with Crippen LogP contribution in [0.1, 0.15) is 5.56 Å². The molecule has 3 aromatic heterocycles. The number of rotatable bonds is 4. The topological polar surface area (TPSA) is 104 Å². The first-order valence-electron chi connectivity index (χ1n) is 8.89. The first-order chi connectivity index (χ1) is 14.3. The van der Waals surface area contributed by atoms with Crippen LogP contribution in [-0.4, -0.2) is 29.8 Å². The molecule has 0 aliphatic carbocycles. The number of anilines is 1. The molecule has 0 atom stereocenters. The van der Waals surface area contributed by atoms with Gasteiger partial charge in [0.1, 0.15) is 12.4 Å². The van der Waals surface area contributed by atoms with Gasteiger partial charge in [0, 0.05) is 25.0 Å². The minimum Gasteiger partial charge on any atom is -0.300 e. The lowest BCUT2D eigenvalue weighted by atomic mass is 10.1. The molecule has 154 valence electrons. The van der Waals surface area contributed by atoms with Crippen LogP contribution in [0, 0.1) is 12.7 Å². The molecule has 0 unspecified atom stereocenters. The number of aromatic nitrogens is 5. The lowest BCUT2D eigenvalue weighted by Gasteiger charge is -2.06. The molecule has 0 bridgehead atoms. The lowest BCUT2D eigenvalue weighted by molar-refractivity contribution is -0.116. The second-order valence-electron chi connectivity index (χ2n) is 6.79. The van der Waals surface area contributed by atoms with Crippen LogP contribution in [0.3, 0.4) is 0 Å². The van der Waals surface area contributed by atoms with Crippen molar-refractivity contribution in [1.29, 1.82) is 0 Å². The molecule has 11 heteroatoms. The van der Waals surface area contributed by atoms with Gasteiger partial charge in [-0.2, -0.15) is 5.10 Å². The number of hydrogen-bond acceptors (Lipinski definition) is 6. The van der Waals surface area contributed by atoms with E-state index in [2.05, 4.69) is 15.4 Å². The Morgan fingerprint density at radius 3 is 2.73 bits per heavy atom. The Hall–Kier alpha value is -3.60. The van der Waals surface area contributed by atoms with Crippen LogP contribution in [0.25, 0.3) is 22.3 Å². The fourth-order valence-electron chi connectivity index (χ4n) is 3.05. The monoisotopic (exact) mass is 428 g/mol. The summed E-state index contributed by atoms with van der Waals surface area (Å²) in [6, 6.07) is 4.82. The molecule has 0 aliphatic rings. The second-order valence-corrected chi connectivity index (χ2v) is 7.65. The van der Waals surface area contributed by atoms with Gasteiger partial charge in [0.05, 0.1) is 17.4 Å². The molecule has 0 aliphatic heterocycles. The van der Waals surface area contributed by atoms with E-state index >= 15 is 0 Å². The molecule has 0 saturated heterocycles. The number of thiazole rings is 1. The summed E-state index contributed by atoms with van der Waals surface area (Å²) < 4.78 is 17.3. The quantitative estimate of drug-likeness (QED) is 0.532. The Balaban J connectivity index is 1.56. The van der Waals surface area contributed by atoms with Crippen LogP contribution < -0.4 is 16.6 Å². The Bertz CT molecular complexity index is 1410. The number of fused-ring (bicyclic) bond motifs is 1. The summed E-state index contributed by atoms with van der Waals surface area (Å²) in [5.74, 6) is -0.764. The predicted octanol–water partition coefficient (Wildman–Crippen LogP) is 1.64. The molecule has 0 spiro atoms. The van der Waals surface area contributed by atoms with Crippen molar-refractivity contribution in [1.82, 2.24) is 23.9 Å². The third-order valence-corrected chi connectivity index (χ3v) is 5.53. The smallest absolute Gasteiger partial charge is 0.300 e. The van der Waals surface area contributed by atoms with Crippen LogP contribution in [0.2, 0.25) is 0 Å². The fraction of sp³-hybridized carbons (Fsp3) is 0.211. The number of carbonyl (C=O) groups is 1. The SMILES string of the molecule is Cc1ccc(-c2csc(NC(=O)Cn3ncc4c3c(=O)n(C)c(=O)n4C)n2)cc1F.